The van der Waals surface area contributed by atoms with Gasteiger partial charge in [0.05, 0.1) is 0 Å². The minimum atomic E-state index is -11.5. The summed E-state index contributed by atoms with van der Waals surface area (Å²) in [6, 6.07) is -34.5. The maximum absolute atomic E-state index is 14.7. The summed E-state index contributed by atoms with van der Waals surface area (Å²) < 4.78 is 515. The molecule has 0 bridgehead atoms. The molecule has 0 amide bonds. The van der Waals surface area contributed by atoms with E-state index in [1.165, 1.54) is 0 Å². The Balaban J connectivity index is 9.39. The van der Waals surface area contributed by atoms with Crippen molar-refractivity contribution in [2.24, 2.45) is 0 Å². The molecule has 0 aromatic rings. The molecular formula is C18F39NO. The van der Waals surface area contributed by atoms with Gasteiger partial charge >= 0.3 is 108 Å². The standard InChI is InChI=1S/C18F39NO/c19-1(20,7(31,32)13(43,44)45)4(25,26)10(37,38)16(52,53)58(59,17(54,55)11(39,40)5(27,28)2(21,22)8(33,34)14(46,47)48)18(56,57)12(41,42)6(29,30)3(23,24)9(35,36)15(49,50)51. The molecule has 0 fully saturated rings. The van der Waals surface area contributed by atoms with Crippen molar-refractivity contribution >= 4 is 0 Å². The number of alkyl halides is 39. The van der Waals surface area contributed by atoms with E-state index in [4.69, 9.17) is 0 Å². The third-order valence-corrected chi connectivity index (χ3v) is 6.94. The third-order valence-electron chi connectivity index (χ3n) is 6.94. The lowest BCUT2D eigenvalue weighted by Crippen LogP contribution is -2.89. The highest BCUT2D eigenvalue weighted by Crippen LogP contribution is 2.72. The number of hydrogen-bond acceptors (Lipinski definition) is 1. The summed E-state index contributed by atoms with van der Waals surface area (Å²) in [6.07, 6.45) is -26.5. The van der Waals surface area contributed by atoms with Crippen LogP contribution in [0.1, 0.15) is 0 Å². The van der Waals surface area contributed by atoms with E-state index in [1.54, 1.807) is 0 Å². The third kappa shape index (κ3) is 6.16. The zero-order valence-electron chi connectivity index (χ0n) is 24.6. The molecule has 0 heterocycles. The first-order chi connectivity index (χ1) is 24.5. The van der Waals surface area contributed by atoms with Crippen molar-refractivity contribution in [1.29, 1.82) is 0 Å². The van der Waals surface area contributed by atoms with Crippen LogP contribution in [-0.2, 0) is 0 Å². The van der Waals surface area contributed by atoms with E-state index in [1.807, 2.05) is 0 Å². The summed E-state index contributed by atoms with van der Waals surface area (Å²) in [6.45, 7) is 0. The Hall–Kier alpha value is -2.81. The molecule has 41 heteroatoms. The van der Waals surface area contributed by atoms with Crippen LogP contribution in [0.4, 0.5) is 171 Å². The van der Waals surface area contributed by atoms with Gasteiger partial charge in [-0.1, -0.05) is 0 Å². The second-order valence-corrected chi connectivity index (χ2v) is 10.6. The van der Waals surface area contributed by atoms with Gasteiger partial charge in [0.25, 0.3) is 0 Å². The van der Waals surface area contributed by atoms with Crippen LogP contribution < -0.4 is 0 Å². The molecule has 0 aromatic carbocycles. The Morgan fingerprint density at radius 1 is 0.169 bits per heavy atom. The smallest absolute Gasteiger partial charge is 0.471 e. The van der Waals surface area contributed by atoms with E-state index < -0.39 is 112 Å². The molecule has 0 aliphatic carbocycles. The van der Waals surface area contributed by atoms with Crippen LogP contribution in [-0.4, -0.2) is 112 Å². The van der Waals surface area contributed by atoms with Crippen molar-refractivity contribution in [2.75, 3.05) is 0 Å². The predicted octanol–water partition coefficient (Wildman–Crippen LogP) is 12.4. The number of rotatable bonds is 15. The summed E-state index contributed by atoms with van der Waals surface area (Å²) in [4.78, 5) is 0. The van der Waals surface area contributed by atoms with Crippen LogP contribution in [0.3, 0.4) is 0 Å². The fraction of sp³-hybridized carbons (Fsp3) is 1.00. The minimum absolute atomic E-state index is 8.82. The molecule has 59 heavy (non-hydrogen) atoms. The fourth-order valence-electron chi connectivity index (χ4n) is 3.41. The summed E-state index contributed by atoms with van der Waals surface area (Å²) in [5.74, 6) is -123. The Kier molecular flexibility index (Phi) is 12.5. The average molecular weight is 987 g/mol. The Morgan fingerprint density at radius 3 is 0.373 bits per heavy atom. The van der Waals surface area contributed by atoms with Gasteiger partial charge in [0.1, 0.15) is 0 Å². The van der Waals surface area contributed by atoms with E-state index in [9.17, 15) is 176 Å². The number of nitrogens with zero attached hydrogens (tertiary/aromatic N) is 1. The van der Waals surface area contributed by atoms with Gasteiger partial charge in [-0.3, -0.25) is 0 Å². The zero-order chi connectivity index (χ0) is 49.5. The number of quaternary nitrogens is 1. The summed E-state index contributed by atoms with van der Waals surface area (Å²) >= 11 is 0. The van der Waals surface area contributed by atoms with Gasteiger partial charge in [0.2, 0.25) is 0 Å². The molecular weight excluding hydrogens is 987 g/mol. The number of hydroxylamine groups is 3. The Labute approximate surface area is 290 Å². The van der Waals surface area contributed by atoms with Crippen LogP contribution in [0, 0.1) is 5.21 Å². The van der Waals surface area contributed by atoms with Gasteiger partial charge in [-0.15, -0.1) is 26.3 Å². The van der Waals surface area contributed by atoms with E-state index in [2.05, 4.69) is 0 Å². The van der Waals surface area contributed by atoms with Crippen LogP contribution in [0.5, 0.6) is 0 Å². The molecule has 0 aromatic heterocycles. The summed E-state index contributed by atoms with van der Waals surface area (Å²) in [5, 5.41) is 12.1. The molecule has 0 spiro atoms. The largest absolute Gasteiger partial charge is 0.619 e. The molecule has 356 valence electrons. The zero-order valence-corrected chi connectivity index (χ0v) is 24.6. The maximum Gasteiger partial charge on any atom is 0.471 e. The minimum Gasteiger partial charge on any atom is -0.619 e. The van der Waals surface area contributed by atoms with Gasteiger partial charge in [-0.2, -0.15) is 150 Å². The highest BCUT2D eigenvalue weighted by atomic mass is 19.5. The molecule has 0 saturated heterocycles. The number of halogens is 39. The molecule has 0 rings (SSSR count). The van der Waals surface area contributed by atoms with Gasteiger partial charge in [-0.25, -0.2) is 0 Å². The number of hydrogen-bond donors (Lipinski definition) is 0. The first-order valence-corrected chi connectivity index (χ1v) is 12.0. The van der Waals surface area contributed by atoms with Crippen LogP contribution >= 0.6 is 0 Å². The first kappa shape index (κ1) is 56.2. The molecule has 0 aliphatic rings. The second kappa shape index (κ2) is 13.1. The van der Waals surface area contributed by atoms with Crippen molar-refractivity contribution in [2.45, 2.75) is 108 Å². The van der Waals surface area contributed by atoms with Gasteiger partial charge in [0, 0.05) is 0 Å². The summed E-state index contributed by atoms with van der Waals surface area (Å²) in [5.41, 5.74) is 0. The molecule has 0 radical (unpaired) electrons. The topological polar surface area (TPSA) is 23.1 Å². The normalized spacial score (nSPS) is 17.5. The van der Waals surface area contributed by atoms with Crippen molar-refractivity contribution in [3.8, 4) is 0 Å². The van der Waals surface area contributed by atoms with Crippen molar-refractivity contribution < 1.29 is 176 Å². The molecule has 0 unspecified atom stereocenters. The fourth-order valence-corrected chi connectivity index (χ4v) is 3.41. The van der Waals surface area contributed by atoms with Crippen molar-refractivity contribution in [1.82, 2.24) is 0 Å². The monoisotopic (exact) mass is 987 g/mol. The summed E-state index contributed by atoms with van der Waals surface area (Å²) in [7, 11) is 0. The lowest BCUT2D eigenvalue weighted by atomic mass is 9.91. The van der Waals surface area contributed by atoms with Gasteiger partial charge in [-0.05, 0) is 0 Å². The lowest BCUT2D eigenvalue weighted by Gasteiger charge is -2.58. The van der Waals surface area contributed by atoms with E-state index >= 15 is 0 Å². The average Bonchev–Trinajstić information content (AvgIpc) is 2.97. The highest BCUT2D eigenvalue weighted by Gasteiger charge is 3.05. The molecule has 2 nitrogen and oxygen atoms in total. The molecule has 0 N–H and O–H groups in total. The van der Waals surface area contributed by atoms with Crippen LogP contribution in [0.25, 0.3) is 0 Å². The molecule has 0 atom stereocenters. The Morgan fingerprint density at radius 2 is 0.271 bits per heavy atom. The van der Waals surface area contributed by atoms with Crippen LogP contribution in [0.15, 0.2) is 0 Å². The van der Waals surface area contributed by atoms with Gasteiger partial charge < -0.3 is 5.21 Å². The van der Waals surface area contributed by atoms with Crippen LogP contribution in [0.2, 0.25) is 0 Å². The highest BCUT2D eigenvalue weighted by molar-refractivity contribution is 5.15. The molecule has 0 aliphatic heterocycles. The predicted molar refractivity (Wildman–Crippen MR) is 96.0 cm³/mol. The van der Waals surface area contributed by atoms with E-state index in [-0.39, 0.29) is 0 Å². The SMILES string of the molecule is [O-][N+](C(F)(F)C(F)(F)C(F)(F)C(F)(F)C(F)(F)C(F)(F)F)(C(F)(F)C(F)(F)C(F)(F)C(F)(F)C(F)(F)C(F)(F)F)C(F)(F)C(F)(F)C(F)(F)C(F)(F)C(F)(F)C(F)(F)F. The lowest BCUT2D eigenvalue weighted by molar-refractivity contribution is -1.13. The van der Waals surface area contributed by atoms with Gasteiger partial charge in [0.15, 0.2) is 0 Å². The van der Waals surface area contributed by atoms with Crippen molar-refractivity contribution in [3.63, 3.8) is 0 Å². The van der Waals surface area contributed by atoms with Crippen molar-refractivity contribution in [3.05, 3.63) is 5.21 Å². The molecule has 0 saturated carbocycles. The van der Waals surface area contributed by atoms with E-state index in [0.29, 0.717) is 0 Å². The quantitative estimate of drug-likeness (QED) is 0.0694. The second-order valence-electron chi connectivity index (χ2n) is 10.6. The van der Waals surface area contributed by atoms with E-state index in [0.717, 1.165) is 0 Å². The maximum atomic E-state index is 14.7. The Bertz CT molecular complexity index is 1350. The first-order valence-electron chi connectivity index (χ1n) is 12.0.